The molecule has 0 aliphatic carbocycles. The lowest BCUT2D eigenvalue weighted by molar-refractivity contribution is -0.119. The van der Waals surface area contributed by atoms with Crippen molar-refractivity contribution in [3.05, 3.63) is 51.4 Å². The van der Waals surface area contributed by atoms with Crippen molar-refractivity contribution in [1.82, 2.24) is 4.90 Å². The van der Waals surface area contributed by atoms with Crippen molar-refractivity contribution >= 4 is 46.0 Å². The first-order chi connectivity index (χ1) is 14.8. The molecule has 3 rings (SSSR count). The molecular weight excluding hydrogens is 424 g/mol. The molecule has 31 heavy (non-hydrogen) atoms. The van der Waals surface area contributed by atoms with Crippen LogP contribution in [0.1, 0.15) is 60.2 Å². The zero-order chi connectivity index (χ0) is 22.7. The second kappa shape index (κ2) is 9.09. The normalized spacial score (nSPS) is 12.5. The van der Waals surface area contributed by atoms with Gasteiger partial charge in [0.05, 0.1) is 28.9 Å². The second-order valence-electron chi connectivity index (χ2n) is 6.58. The van der Waals surface area contributed by atoms with Gasteiger partial charge in [0, 0.05) is 11.9 Å². The number of nitrogens with zero attached hydrogens (tertiary/aromatic N) is 1. The van der Waals surface area contributed by atoms with E-state index in [0.29, 0.717) is 11.4 Å². The summed E-state index contributed by atoms with van der Waals surface area (Å²) in [6, 6.07) is 5.66. The number of fused-ring (bicyclic) bond motifs is 1. The molecule has 0 saturated heterocycles. The summed E-state index contributed by atoms with van der Waals surface area (Å²) in [6.07, 6.45) is 0.677. The Balaban J connectivity index is 1.65. The van der Waals surface area contributed by atoms with Crippen LogP contribution in [0.4, 0.5) is 5.00 Å². The van der Waals surface area contributed by atoms with Gasteiger partial charge in [-0.2, -0.15) is 0 Å². The van der Waals surface area contributed by atoms with Crippen molar-refractivity contribution in [2.45, 2.75) is 20.3 Å². The Morgan fingerprint density at radius 2 is 1.71 bits per heavy atom. The van der Waals surface area contributed by atoms with Crippen LogP contribution in [-0.2, 0) is 20.7 Å². The number of carbonyl (C=O) groups is 5. The van der Waals surface area contributed by atoms with Crippen molar-refractivity contribution in [2.75, 3.05) is 25.6 Å². The minimum absolute atomic E-state index is 0.0413. The number of thiophene rings is 1. The van der Waals surface area contributed by atoms with E-state index >= 15 is 0 Å². The van der Waals surface area contributed by atoms with Crippen LogP contribution in [0.15, 0.2) is 24.3 Å². The first kappa shape index (κ1) is 22.2. The Kier molecular flexibility index (Phi) is 6.50. The van der Waals surface area contributed by atoms with Crippen LogP contribution in [0.3, 0.4) is 0 Å². The molecule has 0 saturated carbocycles. The highest BCUT2D eigenvalue weighted by atomic mass is 32.1. The molecule has 3 amide bonds. The predicted octanol–water partition coefficient (Wildman–Crippen LogP) is 2.51. The van der Waals surface area contributed by atoms with E-state index in [1.807, 2.05) is 6.92 Å². The van der Waals surface area contributed by atoms with E-state index in [2.05, 4.69) is 5.32 Å². The number of ether oxygens (including phenoxy) is 2. The number of rotatable bonds is 7. The molecule has 2 aromatic rings. The van der Waals surface area contributed by atoms with Crippen molar-refractivity contribution in [3.8, 4) is 0 Å². The Morgan fingerprint density at radius 3 is 2.39 bits per heavy atom. The number of esters is 2. The van der Waals surface area contributed by atoms with E-state index in [4.69, 9.17) is 9.47 Å². The molecule has 162 valence electrons. The molecule has 0 radical (unpaired) electrons. The third-order valence-electron chi connectivity index (χ3n) is 4.54. The highest BCUT2D eigenvalue weighted by molar-refractivity contribution is 7.16. The van der Waals surface area contributed by atoms with Crippen LogP contribution < -0.4 is 5.32 Å². The molecule has 0 bridgehead atoms. The largest absolute Gasteiger partial charge is 0.462 e. The van der Waals surface area contributed by atoms with Gasteiger partial charge in [0.1, 0.15) is 5.00 Å². The van der Waals surface area contributed by atoms with Gasteiger partial charge in [0.15, 0.2) is 6.61 Å². The average Bonchev–Trinajstić information content (AvgIpc) is 3.26. The van der Waals surface area contributed by atoms with Gasteiger partial charge in [-0.25, -0.2) is 9.59 Å². The van der Waals surface area contributed by atoms with Crippen molar-refractivity contribution in [3.63, 3.8) is 0 Å². The summed E-state index contributed by atoms with van der Waals surface area (Å²) in [5, 5.41) is 2.89. The van der Waals surface area contributed by atoms with E-state index in [9.17, 15) is 24.0 Å². The fourth-order valence-electron chi connectivity index (χ4n) is 2.94. The maximum absolute atomic E-state index is 12.3. The smallest absolute Gasteiger partial charge is 0.341 e. The lowest BCUT2D eigenvalue weighted by Crippen LogP contribution is -2.24. The van der Waals surface area contributed by atoms with Gasteiger partial charge in [-0.05, 0) is 37.6 Å². The number of hydrogen-bond donors (Lipinski definition) is 1. The van der Waals surface area contributed by atoms with E-state index in [1.165, 1.54) is 36.6 Å². The zero-order valence-corrected chi connectivity index (χ0v) is 18.0. The number of aryl methyl sites for hydroxylation is 1. The van der Waals surface area contributed by atoms with Crippen molar-refractivity contribution in [2.24, 2.45) is 0 Å². The zero-order valence-electron chi connectivity index (χ0n) is 17.1. The molecule has 0 atom stereocenters. The maximum Gasteiger partial charge on any atom is 0.341 e. The molecule has 1 N–H and O–H groups in total. The van der Waals surface area contributed by atoms with Crippen LogP contribution in [0, 0.1) is 0 Å². The van der Waals surface area contributed by atoms with Crippen LogP contribution in [0.2, 0.25) is 0 Å². The summed E-state index contributed by atoms with van der Waals surface area (Å²) < 4.78 is 10.0. The number of benzene rings is 1. The Bertz CT molecular complexity index is 1090. The Hall–Kier alpha value is -3.53. The van der Waals surface area contributed by atoms with Gasteiger partial charge >= 0.3 is 11.9 Å². The minimum atomic E-state index is -0.821. The molecule has 9 nitrogen and oxygen atoms in total. The molecule has 0 unspecified atom stereocenters. The average molecular weight is 444 g/mol. The first-order valence-corrected chi connectivity index (χ1v) is 10.3. The third kappa shape index (κ3) is 4.48. The van der Waals surface area contributed by atoms with Gasteiger partial charge in [-0.15, -0.1) is 11.3 Å². The highest BCUT2D eigenvalue weighted by Crippen LogP contribution is 2.29. The van der Waals surface area contributed by atoms with Crippen molar-refractivity contribution in [1.29, 1.82) is 0 Å². The molecule has 1 aromatic heterocycles. The molecular formula is C21H20N2O7S. The highest BCUT2D eigenvalue weighted by Gasteiger charge is 2.33. The van der Waals surface area contributed by atoms with Gasteiger partial charge in [0.2, 0.25) is 0 Å². The van der Waals surface area contributed by atoms with E-state index < -0.39 is 36.3 Å². The summed E-state index contributed by atoms with van der Waals surface area (Å²) in [7, 11) is 1.35. The monoisotopic (exact) mass is 444 g/mol. The van der Waals surface area contributed by atoms with Crippen LogP contribution in [0.25, 0.3) is 0 Å². The van der Waals surface area contributed by atoms with Crippen LogP contribution >= 0.6 is 11.3 Å². The molecule has 10 heteroatoms. The molecule has 1 aliphatic rings. The quantitative estimate of drug-likeness (QED) is 0.515. The number of amides is 3. The molecule has 1 aromatic carbocycles. The second-order valence-corrected chi connectivity index (χ2v) is 7.72. The molecule has 2 heterocycles. The molecule has 1 aliphatic heterocycles. The topological polar surface area (TPSA) is 119 Å². The number of anilines is 1. The number of hydrogen-bond acceptors (Lipinski definition) is 8. The van der Waals surface area contributed by atoms with Gasteiger partial charge < -0.3 is 14.8 Å². The predicted molar refractivity (Wildman–Crippen MR) is 111 cm³/mol. The summed E-state index contributed by atoms with van der Waals surface area (Å²) >= 11 is 1.24. The van der Waals surface area contributed by atoms with Crippen molar-refractivity contribution < 1.29 is 33.4 Å². The fraction of sp³-hybridized carbons (Fsp3) is 0.286. The van der Waals surface area contributed by atoms with E-state index in [-0.39, 0.29) is 28.9 Å². The van der Waals surface area contributed by atoms with Crippen LogP contribution in [0.5, 0.6) is 0 Å². The minimum Gasteiger partial charge on any atom is -0.462 e. The fourth-order valence-corrected chi connectivity index (χ4v) is 3.94. The Labute approximate surface area is 181 Å². The number of imide groups is 1. The summed E-state index contributed by atoms with van der Waals surface area (Å²) in [4.78, 5) is 62.5. The lowest BCUT2D eigenvalue weighted by atomic mass is 10.1. The molecule has 0 fully saturated rings. The number of carbonyl (C=O) groups excluding carboxylic acids is 5. The van der Waals surface area contributed by atoms with Gasteiger partial charge in [0.25, 0.3) is 17.7 Å². The summed E-state index contributed by atoms with van der Waals surface area (Å²) in [6.45, 7) is 3.21. The van der Waals surface area contributed by atoms with E-state index in [0.717, 1.165) is 9.78 Å². The first-order valence-electron chi connectivity index (χ1n) is 9.50. The third-order valence-corrected chi connectivity index (χ3v) is 5.73. The lowest BCUT2D eigenvalue weighted by Gasteiger charge is -2.07. The summed E-state index contributed by atoms with van der Waals surface area (Å²) in [5.41, 5.74) is 0.600. The Morgan fingerprint density at radius 1 is 1.00 bits per heavy atom. The standard InChI is InChI=1S/C21H20N2O7S/c1-4-12-9-15(21(28)29-5-2)17(31-12)22-16(24)10-30-20(27)11-6-7-13-14(8-11)19(26)23(3)18(13)25/h6-9H,4-5,10H2,1-3H3,(H,22,24). The van der Waals surface area contributed by atoms with Gasteiger partial charge in [-0.3, -0.25) is 19.3 Å². The summed E-state index contributed by atoms with van der Waals surface area (Å²) in [5.74, 6) is -2.95. The molecule has 0 spiro atoms. The SMILES string of the molecule is CCOC(=O)c1cc(CC)sc1NC(=O)COC(=O)c1ccc2c(c1)C(=O)N(C)C2=O. The van der Waals surface area contributed by atoms with Gasteiger partial charge in [-0.1, -0.05) is 6.92 Å². The maximum atomic E-state index is 12.3. The van der Waals surface area contributed by atoms with E-state index in [1.54, 1.807) is 13.0 Å². The van der Waals surface area contributed by atoms with Crippen LogP contribution in [-0.4, -0.2) is 54.8 Å². The number of nitrogens with one attached hydrogen (secondary N) is 1.